The van der Waals surface area contributed by atoms with Gasteiger partial charge in [-0.3, -0.25) is 9.89 Å². The molecule has 0 radical (unpaired) electrons. The molecule has 1 aromatic carbocycles. The Morgan fingerprint density at radius 1 is 1.18 bits per heavy atom. The highest BCUT2D eigenvalue weighted by atomic mass is 16.2. The van der Waals surface area contributed by atoms with Crippen LogP contribution in [0.2, 0.25) is 0 Å². The lowest BCUT2D eigenvalue weighted by atomic mass is 10.1. The van der Waals surface area contributed by atoms with Crippen LogP contribution in [0, 0.1) is 0 Å². The molecule has 0 unspecified atom stereocenters. The van der Waals surface area contributed by atoms with Gasteiger partial charge in [0.1, 0.15) is 5.69 Å². The third kappa shape index (κ3) is 2.76. The predicted molar refractivity (Wildman–Crippen MR) is 107 cm³/mol. The molecule has 1 amide bonds. The number of likely N-dealkylation sites (N-methyl/N-ethyl adjacent to an activating group) is 1. The van der Waals surface area contributed by atoms with Crippen LogP contribution in [0.4, 0.5) is 5.69 Å². The summed E-state index contributed by atoms with van der Waals surface area (Å²) in [7, 11) is 2.07. The van der Waals surface area contributed by atoms with Crippen molar-refractivity contribution in [2.45, 2.75) is 0 Å². The summed E-state index contributed by atoms with van der Waals surface area (Å²) in [5.74, 6) is 0.659. The molecule has 1 aliphatic heterocycles. The minimum absolute atomic E-state index is 0.0494. The largest absolute Gasteiger partial charge is 0.397 e. The number of carbonyl (C=O) groups is 1. The monoisotopic (exact) mass is 376 g/mol. The number of benzene rings is 1. The number of nitrogens with two attached hydrogens (primary N) is 1. The maximum Gasteiger partial charge on any atom is 0.254 e. The van der Waals surface area contributed by atoms with Crippen LogP contribution in [0.1, 0.15) is 10.4 Å². The summed E-state index contributed by atoms with van der Waals surface area (Å²) in [6, 6.07) is 7.36. The van der Waals surface area contributed by atoms with Gasteiger partial charge in [-0.2, -0.15) is 5.10 Å². The van der Waals surface area contributed by atoms with E-state index < -0.39 is 0 Å². The summed E-state index contributed by atoms with van der Waals surface area (Å²) in [6.45, 7) is 3.28. The second-order valence-corrected chi connectivity index (χ2v) is 7.15. The van der Waals surface area contributed by atoms with Crippen molar-refractivity contribution < 1.29 is 4.79 Å². The van der Waals surface area contributed by atoms with Gasteiger partial charge in [0.2, 0.25) is 0 Å². The van der Waals surface area contributed by atoms with E-state index in [9.17, 15) is 4.79 Å². The van der Waals surface area contributed by atoms with Crippen molar-refractivity contribution >= 4 is 33.7 Å². The number of nitrogens with one attached hydrogen (secondary N) is 2. The first-order valence-corrected chi connectivity index (χ1v) is 9.16. The number of fused-ring (bicyclic) bond motifs is 2. The molecule has 0 bridgehead atoms. The lowest BCUT2D eigenvalue weighted by molar-refractivity contribution is 0.0664. The molecular weight excluding hydrogens is 356 g/mol. The fourth-order valence-corrected chi connectivity index (χ4v) is 3.55. The van der Waals surface area contributed by atoms with E-state index in [0.717, 1.165) is 42.6 Å². The van der Waals surface area contributed by atoms with E-state index >= 15 is 0 Å². The van der Waals surface area contributed by atoms with E-state index in [4.69, 9.17) is 5.73 Å². The molecule has 3 aromatic heterocycles. The molecule has 9 nitrogen and oxygen atoms in total. The van der Waals surface area contributed by atoms with E-state index in [-0.39, 0.29) is 5.91 Å². The topological polar surface area (TPSA) is 120 Å². The molecule has 1 saturated heterocycles. The Kier molecular flexibility index (Phi) is 3.76. The van der Waals surface area contributed by atoms with E-state index in [1.807, 2.05) is 29.2 Å². The molecule has 0 atom stereocenters. The van der Waals surface area contributed by atoms with Gasteiger partial charge in [-0.05, 0) is 31.3 Å². The molecule has 142 valence electrons. The molecule has 5 rings (SSSR count). The number of rotatable bonds is 2. The number of nitrogen functional groups attached to an aromatic ring is 1. The number of hydrogen-bond donors (Lipinski definition) is 3. The summed E-state index contributed by atoms with van der Waals surface area (Å²) >= 11 is 0. The fourth-order valence-electron chi connectivity index (χ4n) is 3.55. The van der Waals surface area contributed by atoms with Crippen LogP contribution in [0.25, 0.3) is 33.6 Å². The van der Waals surface area contributed by atoms with Crippen LogP contribution in [0.15, 0.2) is 30.5 Å². The summed E-state index contributed by atoms with van der Waals surface area (Å²) < 4.78 is 0. The van der Waals surface area contributed by atoms with Crippen LogP contribution in [-0.4, -0.2) is 74.1 Å². The van der Waals surface area contributed by atoms with E-state index in [1.165, 1.54) is 0 Å². The smallest absolute Gasteiger partial charge is 0.254 e. The molecule has 28 heavy (non-hydrogen) atoms. The van der Waals surface area contributed by atoms with Gasteiger partial charge in [-0.1, -0.05) is 0 Å². The number of anilines is 1. The number of nitrogens with zero attached hydrogens (tertiary/aromatic N) is 5. The first kappa shape index (κ1) is 16.7. The summed E-state index contributed by atoms with van der Waals surface area (Å²) in [4.78, 5) is 29.1. The molecule has 1 fully saturated rings. The SMILES string of the molecule is CN1CCN(C(=O)c2ccc3nc(-c4n[nH]c5ncc(N)cc45)[nH]c3c2)CC1. The van der Waals surface area contributed by atoms with E-state index in [2.05, 4.69) is 37.1 Å². The highest BCUT2D eigenvalue weighted by Gasteiger charge is 2.21. The number of amides is 1. The van der Waals surface area contributed by atoms with Gasteiger partial charge in [0.05, 0.1) is 28.3 Å². The highest BCUT2D eigenvalue weighted by Crippen LogP contribution is 2.27. The molecular formula is C19H20N8O. The van der Waals surface area contributed by atoms with Crippen LogP contribution in [0.5, 0.6) is 0 Å². The fraction of sp³-hybridized carbons (Fsp3) is 0.263. The van der Waals surface area contributed by atoms with Crippen LogP contribution < -0.4 is 5.73 Å². The van der Waals surface area contributed by atoms with Gasteiger partial charge in [-0.15, -0.1) is 0 Å². The Morgan fingerprint density at radius 3 is 2.82 bits per heavy atom. The predicted octanol–water partition coefficient (Wildman–Crippen LogP) is 1.47. The number of aromatic amines is 2. The Labute approximate surface area is 160 Å². The number of imidazole rings is 1. The molecule has 0 saturated carbocycles. The minimum atomic E-state index is 0.0494. The van der Waals surface area contributed by atoms with Gasteiger partial charge < -0.3 is 20.5 Å². The normalized spacial score (nSPS) is 15.5. The third-order valence-electron chi connectivity index (χ3n) is 5.18. The first-order valence-electron chi connectivity index (χ1n) is 9.16. The molecule has 1 aliphatic rings. The zero-order valence-electron chi connectivity index (χ0n) is 15.4. The van der Waals surface area contributed by atoms with Gasteiger partial charge in [0.15, 0.2) is 11.5 Å². The van der Waals surface area contributed by atoms with Crippen molar-refractivity contribution in [3.8, 4) is 11.5 Å². The maximum atomic E-state index is 12.8. The zero-order chi connectivity index (χ0) is 19.3. The number of hydrogen-bond acceptors (Lipinski definition) is 6. The summed E-state index contributed by atoms with van der Waals surface area (Å²) in [5, 5.41) is 8.02. The van der Waals surface area contributed by atoms with Gasteiger partial charge in [0.25, 0.3) is 5.91 Å². The Bertz CT molecular complexity index is 1190. The Hall–Kier alpha value is -3.46. The number of piperazine rings is 1. The minimum Gasteiger partial charge on any atom is -0.397 e. The van der Waals surface area contributed by atoms with Crippen LogP contribution in [0.3, 0.4) is 0 Å². The quantitative estimate of drug-likeness (QED) is 0.487. The lowest BCUT2D eigenvalue weighted by Gasteiger charge is -2.32. The standard InChI is InChI=1S/C19H20N8O/c1-26-4-6-27(7-5-26)19(28)11-2-3-14-15(8-11)23-18(22-14)16-13-9-12(20)10-21-17(13)25-24-16/h2-3,8-10H,4-7,20H2,1H3,(H,22,23)(H,21,24,25). The molecule has 4 N–H and O–H groups in total. The molecule has 0 spiro atoms. The zero-order valence-corrected chi connectivity index (χ0v) is 15.4. The highest BCUT2D eigenvalue weighted by molar-refractivity contribution is 5.98. The number of carbonyl (C=O) groups excluding carboxylic acids is 1. The Morgan fingerprint density at radius 2 is 2.00 bits per heavy atom. The second kappa shape index (κ2) is 6.31. The van der Waals surface area contributed by atoms with Crippen molar-refractivity contribution in [2.24, 2.45) is 0 Å². The average molecular weight is 376 g/mol. The number of pyridine rings is 1. The molecule has 0 aliphatic carbocycles. The summed E-state index contributed by atoms with van der Waals surface area (Å²) in [6.07, 6.45) is 1.58. The van der Waals surface area contributed by atoms with Crippen LogP contribution >= 0.6 is 0 Å². The van der Waals surface area contributed by atoms with Gasteiger partial charge in [0, 0.05) is 31.7 Å². The van der Waals surface area contributed by atoms with E-state index in [1.54, 1.807) is 6.20 Å². The third-order valence-corrected chi connectivity index (χ3v) is 5.18. The van der Waals surface area contributed by atoms with Crippen molar-refractivity contribution in [3.63, 3.8) is 0 Å². The first-order chi connectivity index (χ1) is 13.6. The summed E-state index contributed by atoms with van der Waals surface area (Å²) in [5.41, 5.74) is 9.95. The molecule has 4 heterocycles. The molecule has 9 heteroatoms. The van der Waals surface area contributed by atoms with Crippen LogP contribution in [-0.2, 0) is 0 Å². The van der Waals surface area contributed by atoms with Crippen molar-refractivity contribution in [2.75, 3.05) is 39.0 Å². The maximum absolute atomic E-state index is 12.8. The molecule has 4 aromatic rings. The van der Waals surface area contributed by atoms with Gasteiger partial charge in [-0.25, -0.2) is 9.97 Å². The Balaban J connectivity index is 1.50. The lowest BCUT2D eigenvalue weighted by Crippen LogP contribution is -2.47. The average Bonchev–Trinajstić information content (AvgIpc) is 3.30. The van der Waals surface area contributed by atoms with Crippen molar-refractivity contribution in [1.82, 2.24) is 34.9 Å². The number of aromatic nitrogens is 5. The van der Waals surface area contributed by atoms with Gasteiger partial charge >= 0.3 is 0 Å². The van der Waals surface area contributed by atoms with Crippen molar-refractivity contribution in [3.05, 3.63) is 36.0 Å². The second-order valence-electron chi connectivity index (χ2n) is 7.15. The van der Waals surface area contributed by atoms with E-state index in [0.29, 0.717) is 28.4 Å². The number of H-pyrrole nitrogens is 2. The van der Waals surface area contributed by atoms with Crippen molar-refractivity contribution in [1.29, 1.82) is 0 Å².